The molecule has 1 aliphatic carbocycles. The van der Waals surface area contributed by atoms with E-state index in [4.69, 9.17) is 18.9 Å². The zero-order valence-electron chi connectivity index (χ0n) is 20.7. The first kappa shape index (κ1) is 26.1. The highest BCUT2D eigenvalue weighted by Gasteiger charge is 2.29. The summed E-state index contributed by atoms with van der Waals surface area (Å²) in [6.45, 7) is 2.51. The molecule has 1 aliphatic rings. The van der Waals surface area contributed by atoms with Crippen LogP contribution in [0, 0.1) is 10.1 Å². The monoisotopic (exact) mass is 506 g/mol. The molecule has 3 aromatic rings. The molecule has 194 valence electrons. The van der Waals surface area contributed by atoms with Gasteiger partial charge in [0.05, 0.1) is 31.4 Å². The van der Waals surface area contributed by atoms with Crippen LogP contribution in [0.5, 0.6) is 5.75 Å². The van der Waals surface area contributed by atoms with E-state index in [0.717, 1.165) is 0 Å². The van der Waals surface area contributed by atoms with Crippen molar-refractivity contribution < 1.29 is 28.7 Å². The zero-order chi connectivity index (χ0) is 26.0. The van der Waals surface area contributed by atoms with E-state index in [1.54, 1.807) is 19.2 Å². The largest absolute Gasteiger partial charge is 0.491 e. The third-order valence-electron chi connectivity index (χ3n) is 6.13. The Labute approximate surface area is 215 Å². The topological polar surface area (TPSA) is 100 Å². The van der Waals surface area contributed by atoms with E-state index in [1.807, 2.05) is 24.3 Å². The van der Waals surface area contributed by atoms with Crippen LogP contribution >= 0.6 is 0 Å². The Bertz CT molecular complexity index is 1150. The maximum absolute atomic E-state index is 12.5. The lowest BCUT2D eigenvalue weighted by molar-refractivity contribution is -0.384. The Kier molecular flexibility index (Phi) is 9.07. The molecule has 3 aromatic carbocycles. The number of non-ortho nitro benzene ring substituents is 1. The first-order valence-corrected chi connectivity index (χ1v) is 12.1. The zero-order valence-corrected chi connectivity index (χ0v) is 20.7. The van der Waals surface area contributed by atoms with Crippen molar-refractivity contribution in [2.45, 2.75) is 5.92 Å². The van der Waals surface area contributed by atoms with Crippen LogP contribution in [-0.4, -0.2) is 69.2 Å². The molecule has 0 atom stereocenters. The van der Waals surface area contributed by atoms with Gasteiger partial charge >= 0.3 is 6.09 Å². The molecule has 0 aliphatic heterocycles. The maximum atomic E-state index is 12.5. The van der Waals surface area contributed by atoms with Gasteiger partial charge < -0.3 is 23.8 Å². The van der Waals surface area contributed by atoms with Crippen molar-refractivity contribution in [3.05, 3.63) is 94.0 Å². The highest BCUT2D eigenvalue weighted by Crippen LogP contribution is 2.44. The van der Waals surface area contributed by atoms with Crippen LogP contribution in [0.4, 0.5) is 10.5 Å². The average Bonchev–Trinajstić information content (AvgIpc) is 3.24. The number of ether oxygens (including phenoxy) is 4. The van der Waals surface area contributed by atoms with E-state index in [2.05, 4.69) is 24.3 Å². The highest BCUT2D eigenvalue weighted by molar-refractivity contribution is 5.79. The minimum atomic E-state index is -0.456. The molecule has 4 rings (SSSR count). The van der Waals surface area contributed by atoms with Crippen molar-refractivity contribution in [3.63, 3.8) is 0 Å². The predicted molar refractivity (Wildman–Crippen MR) is 138 cm³/mol. The van der Waals surface area contributed by atoms with Crippen molar-refractivity contribution in [3.8, 4) is 16.9 Å². The molecule has 0 spiro atoms. The third kappa shape index (κ3) is 6.84. The molecule has 0 saturated carbocycles. The fourth-order valence-corrected chi connectivity index (χ4v) is 4.20. The number of amides is 1. The van der Waals surface area contributed by atoms with Gasteiger partial charge in [-0.2, -0.15) is 0 Å². The van der Waals surface area contributed by atoms with Gasteiger partial charge in [-0.15, -0.1) is 0 Å². The summed E-state index contributed by atoms with van der Waals surface area (Å²) in [5, 5.41) is 10.7. The molecular formula is C28H30N2O7. The second-order valence-corrected chi connectivity index (χ2v) is 8.55. The van der Waals surface area contributed by atoms with Crippen LogP contribution < -0.4 is 4.74 Å². The van der Waals surface area contributed by atoms with Crippen LogP contribution in [0.15, 0.2) is 72.8 Å². The third-order valence-corrected chi connectivity index (χ3v) is 6.13. The number of carbonyl (C=O) groups excluding carboxylic acids is 1. The van der Waals surface area contributed by atoms with Gasteiger partial charge in [0.2, 0.25) is 0 Å². The average molecular weight is 507 g/mol. The minimum absolute atomic E-state index is 0.0185. The maximum Gasteiger partial charge on any atom is 0.409 e. The van der Waals surface area contributed by atoms with Crippen LogP contribution in [0.1, 0.15) is 17.0 Å². The Morgan fingerprint density at radius 3 is 2.03 bits per heavy atom. The van der Waals surface area contributed by atoms with Crippen molar-refractivity contribution in [1.82, 2.24) is 4.90 Å². The Morgan fingerprint density at radius 1 is 0.838 bits per heavy atom. The number of nitro groups is 1. The molecule has 0 saturated heterocycles. The number of nitrogens with zero attached hydrogens (tertiary/aromatic N) is 2. The number of hydrogen-bond donors (Lipinski definition) is 0. The summed E-state index contributed by atoms with van der Waals surface area (Å²) in [5.74, 6) is 0.573. The molecule has 0 radical (unpaired) electrons. The normalized spacial score (nSPS) is 12.0. The van der Waals surface area contributed by atoms with E-state index >= 15 is 0 Å². The van der Waals surface area contributed by atoms with Gasteiger partial charge in [-0.1, -0.05) is 48.5 Å². The molecule has 0 unspecified atom stereocenters. The van der Waals surface area contributed by atoms with Crippen molar-refractivity contribution in [2.75, 3.05) is 53.2 Å². The lowest BCUT2D eigenvalue weighted by Gasteiger charge is -2.19. The van der Waals surface area contributed by atoms with Gasteiger partial charge in [-0.25, -0.2) is 4.79 Å². The summed E-state index contributed by atoms with van der Waals surface area (Å²) in [6.07, 6.45) is -0.384. The molecule has 37 heavy (non-hydrogen) atoms. The van der Waals surface area contributed by atoms with E-state index in [0.29, 0.717) is 45.3 Å². The lowest BCUT2D eigenvalue weighted by atomic mass is 9.98. The summed E-state index contributed by atoms with van der Waals surface area (Å²) in [4.78, 5) is 24.2. The molecule has 9 heteroatoms. The molecule has 0 bridgehead atoms. The first-order valence-electron chi connectivity index (χ1n) is 12.1. The Balaban J connectivity index is 1.07. The van der Waals surface area contributed by atoms with Gasteiger partial charge in [0.15, 0.2) is 0 Å². The number of carbonyl (C=O) groups is 1. The minimum Gasteiger partial charge on any atom is -0.491 e. The van der Waals surface area contributed by atoms with Gasteiger partial charge in [-0.05, 0) is 34.4 Å². The van der Waals surface area contributed by atoms with Gasteiger partial charge in [0.25, 0.3) is 5.69 Å². The second kappa shape index (κ2) is 12.8. The summed E-state index contributed by atoms with van der Waals surface area (Å²) >= 11 is 0. The van der Waals surface area contributed by atoms with E-state index in [1.165, 1.54) is 39.3 Å². The Morgan fingerprint density at radius 2 is 1.41 bits per heavy atom. The standard InChI is InChI=1S/C28H30N2O7/c1-29(14-15-34-16-17-35-18-19-36-22-12-10-21(11-13-22)30(32)33)28(31)37-20-27-25-8-4-2-6-23(25)24-7-3-5-9-26(24)27/h2-13,27H,14-20H2,1H3. The van der Waals surface area contributed by atoms with E-state index < -0.39 is 4.92 Å². The molecule has 0 fully saturated rings. The van der Waals surface area contributed by atoms with Crippen LogP contribution in [0.25, 0.3) is 11.1 Å². The quantitative estimate of drug-likeness (QED) is 0.185. The molecule has 9 nitrogen and oxygen atoms in total. The highest BCUT2D eigenvalue weighted by atomic mass is 16.6. The van der Waals surface area contributed by atoms with Crippen molar-refractivity contribution >= 4 is 11.8 Å². The number of hydrogen-bond acceptors (Lipinski definition) is 7. The molecule has 0 heterocycles. The van der Waals surface area contributed by atoms with Crippen LogP contribution in [0.3, 0.4) is 0 Å². The summed E-state index contributed by atoms with van der Waals surface area (Å²) in [6, 6.07) is 22.4. The number of likely N-dealkylation sites (N-methyl/N-ethyl adjacent to an activating group) is 1. The first-order chi connectivity index (χ1) is 18.0. The van der Waals surface area contributed by atoms with Gasteiger partial charge in [0, 0.05) is 31.6 Å². The van der Waals surface area contributed by atoms with Gasteiger partial charge in [0.1, 0.15) is 19.0 Å². The van der Waals surface area contributed by atoms with Crippen LogP contribution in [-0.2, 0) is 14.2 Å². The van der Waals surface area contributed by atoms with Gasteiger partial charge in [-0.3, -0.25) is 10.1 Å². The van der Waals surface area contributed by atoms with Crippen molar-refractivity contribution in [1.29, 1.82) is 0 Å². The molecule has 1 amide bonds. The fraction of sp³-hybridized carbons (Fsp3) is 0.321. The smallest absolute Gasteiger partial charge is 0.409 e. The molecule has 0 N–H and O–H groups in total. The molecular weight excluding hydrogens is 476 g/mol. The fourth-order valence-electron chi connectivity index (χ4n) is 4.20. The SMILES string of the molecule is CN(CCOCCOCCOc1ccc([N+](=O)[O-])cc1)C(=O)OCC1c2ccccc2-c2ccccc21. The number of nitro benzene ring substituents is 1. The summed E-state index contributed by atoms with van der Waals surface area (Å²) in [5.41, 5.74) is 4.77. The molecule has 0 aromatic heterocycles. The van der Waals surface area contributed by atoms with E-state index in [-0.39, 0.29) is 24.3 Å². The predicted octanol–water partition coefficient (Wildman–Crippen LogP) is 4.89. The number of fused-ring (bicyclic) bond motifs is 3. The van der Waals surface area contributed by atoms with Crippen molar-refractivity contribution in [2.24, 2.45) is 0 Å². The summed E-state index contributed by atoms with van der Waals surface area (Å²) < 4.78 is 22.1. The second-order valence-electron chi connectivity index (χ2n) is 8.55. The summed E-state index contributed by atoms with van der Waals surface area (Å²) in [7, 11) is 1.69. The number of benzene rings is 3. The lowest BCUT2D eigenvalue weighted by Crippen LogP contribution is -2.32. The number of rotatable bonds is 13. The Hall–Kier alpha value is -3.95. The van der Waals surface area contributed by atoms with E-state index in [9.17, 15) is 14.9 Å². The van der Waals surface area contributed by atoms with Crippen LogP contribution in [0.2, 0.25) is 0 Å².